The van der Waals surface area contributed by atoms with Gasteiger partial charge in [-0.05, 0) is 32.4 Å². The number of carbonyl (C=O) groups is 1. The van der Waals surface area contributed by atoms with E-state index in [4.69, 9.17) is 4.52 Å². The summed E-state index contributed by atoms with van der Waals surface area (Å²) in [7, 11) is -3.96. The highest BCUT2D eigenvalue weighted by atomic mass is 32.2. The Bertz CT molecular complexity index is 968. The normalized spacial score (nSPS) is 15.2. The molecule has 3 rings (SSSR count). The van der Waals surface area contributed by atoms with Gasteiger partial charge in [0.15, 0.2) is 15.7 Å². The fourth-order valence-electron chi connectivity index (χ4n) is 2.63. The molecule has 0 unspecified atom stereocenters. The molecule has 1 fully saturated rings. The number of hydrogen-bond donors (Lipinski definition) is 1. The number of amides is 1. The first kappa shape index (κ1) is 20.3. The molecule has 28 heavy (non-hydrogen) atoms. The van der Waals surface area contributed by atoms with Crippen LogP contribution in [0.2, 0.25) is 0 Å². The Balaban J connectivity index is 1.79. The van der Waals surface area contributed by atoms with Crippen LogP contribution < -0.4 is 10.2 Å². The van der Waals surface area contributed by atoms with Gasteiger partial charge in [0.05, 0.1) is 4.90 Å². The van der Waals surface area contributed by atoms with Crippen molar-refractivity contribution in [1.29, 1.82) is 0 Å². The molecule has 1 aliphatic rings. The smallest absolute Gasteiger partial charge is 0.246 e. The van der Waals surface area contributed by atoms with Gasteiger partial charge in [0, 0.05) is 30.8 Å². The van der Waals surface area contributed by atoms with Gasteiger partial charge in [0.25, 0.3) is 0 Å². The van der Waals surface area contributed by atoms with E-state index >= 15 is 0 Å². The van der Waals surface area contributed by atoms with Crippen molar-refractivity contribution in [2.45, 2.75) is 56.1 Å². The fraction of sp³-hybridized carbons (Fsp3) is 0.526. The number of hydrogen-bond acceptors (Lipinski definition) is 7. The maximum Gasteiger partial charge on any atom is 0.246 e. The van der Waals surface area contributed by atoms with Crippen molar-refractivity contribution in [3.8, 4) is 0 Å². The lowest BCUT2D eigenvalue weighted by Gasteiger charge is -2.32. The van der Waals surface area contributed by atoms with E-state index in [-0.39, 0.29) is 16.1 Å². The summed E-state index contributed by atoms with van der Waals surface area (Å²) in [6.07, 6.45) is 2.42. The third kappa shape index (κ3) is 3.63. The van der Waals surface area contributed by atoms with E-state index in [0.717, 1.165) is 25.3 Å². The molecule has 3 heterocycles. The summed E-state index contributed by atoms with van der Waals surface area (Å²) in [6, 6.07) is 4.77. The number of sulfone groups is 1. The minimum Gasteiger partial charge on any atom is -0.359 e. The summed E-state index contributed by atoms with van der Waals surface area (Å²) < 4.78 is 29.6. The van der Waals surface area contributed by atoms with Crippen molar-refractivity contribution in [3.63, 3.8) is 0 Å². The molecule has 1 saturated heterocycles. The molecular formula is C19H26N4O4S. The predicted octanol–water partition coefficient (Wildman–Crippen LogP) is 2.77. The summed E-state index contributed by atoms with van der Waals surface area (Å²) in [5, 5.41) is 6.36. The minimum atomic E-state index is -3.96. The average Bonchev–Trinajstić information content (AvgIpc) is 3.02. The monoisotopic (exact) mass is 406 g/mol. The molecular weight excluding hydrogens is 380 g/mol. The fourth-order valence-corrected chi connectivity index (χ4v) is 3.96. The van der Waals surface area contributed by atoms with Crippen LogP contribution in [0.25, 0.3) is 0 Å². The quantitative estimate of drug-likeness (QED) is 0.814. The summed E-state index contributed by atoms with van der Waals surface area (Å²) >= 11 is 0. The number of pyridine rings is 1. The van der Waals surface area contributed by atoms with E-state index in [9.17, 15) is 13.2 Å². The molecule has 0 aliphatic carbocycles. The van der Waals surface area contributed by atoms with Gasteiger partial charge in [-0.15, -0.1) is 0 Å². The van der Waals surface area contributed by atoms with Gasteiger partial charge in [0.1, 0.15) is 16.3 Å². The third-order valence-corrected chi connectivity index (χ3v) is 7.31. The Labute approximate surface area is 165 Å². The van der Waals surface area contributed by atoms with Crippen LogP contribution in [0.1, 0.15) is 46.8 Å². The van der Waals surface area contributed by atoms with Crippen molar-refractivity contribution in [2.24, 2.45) is 0 Å². The molecule has 0 atom stereocenters. The van der Waals surface area contributed by atoms with Crippen LogP contribution in [0.15, 0.2) is 33.8 Å². The zero-order valence-corrected chi connectivity index (χ0v) is 17.6. The highest BCUT2D eigenvalue weighted by Gasteiger charge is 2.43. The Hall–Kier alpha value is -2.42. The number of carbonyl (C=O) groups excluding carboxylic acids is 1. The SMILES string of the molecule is CC(C)(C)c1cc(NC(=O)C(C)(C)S(=O)(=O)c2ccc(N3CCC3)nc2)no1. The first-order valence-electron chi connectivity index (χ1n) is 9.17. The van der Waals surface area contributed by atoms with Crippen molar-refractivity contribution in [3.05, 3.63) is 30.2 Å². The standard InChI is InChI=1S/C19H26N4O4S/c1-18(2,3)14-11-15(22-27-14)21-17(24)19(4,5)28(25,26)13-7-8-16(20-12-13)23-9-6-10-23/h7-8,11-12H,6,9-10H2,1-5H3,(H,21,22,24). The Morgan fingerprint density at radius 1 is 1.18 bits per heavy atom. The van der Waals surface area contributed by atoms with Crippen LogP contribution in [0.5, 0.6) is 0 Å². The van der Waals surface area contributed by atoms with Crippen molar-refractivity contribution < 1.29 is 17.7 Å². The van der Waals surface area contributed by atoms with E-state index in [2.05, 4.69) is 20.4 Å². The Morgan fingerprint density at radius 2 is 1.86 bits per heavy atom. The molecule has 0 saturated carbocycles. The maximum atomic E-state index is 13.1. The molecule has 1 aliphatic heterocycles. The molecule has 1 amide bonds. The van der Waals surface area contributed by atoms with E-state index in [1.165, 1.54) is 26.1 Å². The molecule has 0 radical (unpaired) electrons. The first-order valence-corrected chi connectivity index (χ1v) is 10.7. The van der Waals surface area contributed by atoms with Crippen LogP contribution >= 0.6 is 0 Å². The van der Waals surface area contributed by atoms with Crippen molar-refractivity contribution in [1.82, 2.24) is 10.1 Å². The molecule has 152 valence electrons. The van der Waals surface area contributed by atoms with Crippen LogP contribution in [-0.4, -0.2) is 42.3 Å². The number of aromatic nitrogens is 2. The van der Waals surface area contributed by atoms with Gasteiger partial charge in [-0.3, -0.25) is 4.79 Å². The summed E-state index contributed by atoms with van der Waals surface area (Å²) in [5.41, 5.74) is -0.276. The second-order valence-electron chi connectivity index (χ2n) is 8.49. The first-order chi connectivity index (χ1) is 12.9. The second-order valence-corrected chi connectivity index (χ2v) is 11.0. The summed E-state index contributed by atoms with van der Waals surface area (Å²) in [5.74, 6) is 0.830. The maximum absolute atomic E-state index is 13.1. The van der Waals surface area contributed by atoms with Gasteiger partial charge in [-0.2, -0.15) is 0 Å². The Kier molecular flexibility index (Phi) is 4.99. The molecule has 9 heteroatoms. The number of nitrogens with zero attached hydrogens (tertiary/aromatic N) is 3. The van der Waals surface area contributed by atoms with Crippen LogP contribution in [0, 0.1) is 0 Å². The number of nitrogens with one attached hydrogen (secondary N) is 1. The van der Waals surface area contributed by atoms with Gasteiger partial charge in [0.2, 0.25) is 5.91 Å². The molecule has 0 bridgehead atoms. The largest absolute Gasteiger partial charge is 0.359 e. The van der Waals surface area contributed by atoms with Crippen molar-refractivity contribution >= 4 is 27.4 Å². The van der Waals surface area contributed by atoms with Gasteiger partial charge in [-0.1, -0.05) is 25.9 Å². The Morgan fingerprint density at radius 3 is 2.32 bits per heavy atom. The highest BCUT2D eigenvalue weighted by Crippen LogP contribution is 2.29. The molecule has 2 aromatic rings. The van der Waals surface area contributed by atoms with E-state index in [0.29, 0.717) is 5.76 Å². The third-order valence-electron chi connectivity index (χ3n) is 4.92. The molecule has 0 spiro atoms. The predicted molar refractivity (Wildman–Crippen MR) is 106 cm³/mol. The lowest BCUT2D eigenvalue weighted by atomic mass is 9.93. The molecule has 2 aromatic heterocycles. The topological polar surface area (TPSA) is 105 Å². The summed E-state index contributed by atoms with van der Waals surface area (Å²) in [4.78, 5) is 19.1. The van der Waals surface area contributed by atoms with E-state index in [1.807, 2.05) is 20.8 Å². The zero-order valence-electron chi connectivity index (χ0n) is 16.8. The zero-order chi connectivity index (χ0) is 20.7. The lowest BCUT2D eigenvalue weighted by molar-refractivity contribution is -0.117. The van der Waals surface area contributed by atoms with Gasteiger partial charge in [-0.25, -0.2) is 13.4 Å². The second kappa shape index (κ2) is 6.88. The molecule has 0 aromatic carbocycles. The minimum absolute atomic E-state index is 0.00690. The number of anilines is 2. The summed E-state index contributed by atoms with van der Waals surface area (Å²) in [6.45, 7) is 10.4. The van der Waals surface area contributed by atoms with E-state index < -0.39 is 20.5 Å². The average molecular weight is 407 g/mol. The van der Waals surface area contributed by atoms with Crippen LogP contribution in [-0.2, 0) is 20.0 Å². The molecule has 1 N–H and O–H groups in total. The highest BCUT2D eigenvalue weighted by molar-refractivity contribution is 7.93. The van der Waals surface area contributed by atoms with Crippen molar-refractivity contribution in [2.75, 3.05) is 23.3 Å². The van der Waals surface area contributed by atoms with Crippen LogP contribution in [0.3, 0.4) is 0 Å². The molecule has 8 nitrogen and oxygen atoms in total. The van der Waals surface area contributed by atoms with Crippen LogP contribution in [0.4, 0.5) is 11.6 Å². The van der Waals surface area contributed by atoms with Gasteiger partial charge >= 0.3 is 0 Å². The lowest BCUT2D eigenvalue weighted by Crippen LogP contribution is -2.44. The van der Waals surface area contributed by atoms with Gasteiger partial charge < -0.3 is 14.7 Å². The van der Waals surface area contributed by atoms with E-state index in [1.54, 1.807) is 12.1 Å². The number of rotatable bonds is 5.